The van der Waals surface area contributed by atoms with Crippen LogP contribution < -0.4 is 0 Å². The average Bonchev–Trinajstić information content (AvgIpc) is 2.37. The zero-order chi connectivity index (χ0) is 13.2. The summed E-state index contributed by atoms with van der Waals surface area (Å²) in [6.07, 6.45) is 14.6. The molecular weight excluding hydrogens is 224 g/mol. The highest BCUT2D eigenvalue weighted by atomic mass is 16.5. The molecule has 0 saturated heterocycles. The van der Waals surface area contributed by atoms with Crippen LogP contribution in [0.5, 0.6) is 0 Å². The quantitative estimate of drug-likeness (QED) is 0.667. The summed E-state index contributed by atoms with van der Waals surface area (Å²) in [5.74, 6) is 0.599. The molecule has 0 radical (unpaired) electrons. The molecule has 0 aromatic heterocycles. The molecule has 0 N–H and O–H groups in total. The second-order valence-electron chi connectivity index (χ2n) is 5.83. The minimum absolute atomic E-state index is 0.0212. The highest BCUT2D eigenvalue weighted by Crippen LogP contribution is 2.27. The fourth-order valence-corrected chi connectivity index (χ4v) is 3.07. The van der Waals surface area contributed by atoms with Gasteiger partial charge in [-0.3, -0.25) is 4.79 Å². The van der Waals surface area contributed by atoms with Crippen molar-refractivity contribution in [2.75, 3.05) is 7.11 Å². The van der Waals surface area contributed by atoms with Crippen molar-refractivity contribution >= 4 is 5.97 Å². The Labute approximate surface area is 112 Å². The fourth-order valence-electron chi connectivity index (χ4n) is 3.07. The first-order valence-corrected chi connectivity index (χ1v) is 7.83. The molecule has 106 valence electrons. The summed E-state index contributed by atoms with van der Waals surface area (Å²) in [6.45, 7) is 2.04. The molecule has 1 aliphatic carbocycles. The van der Waals surface area contributed by atoms with Crippen molar-refractivity contribution in [3.05, 3.63) is 0 Å². The first-order chi connectivity index (χ1) is 8.75. The Hall–Kier alpha value is -0.530. The van der Waals surface area contributed by atoms with Gasteiger partial charge in [0.2, 0.25) is 0 Å². The normalized spacial score (nSPS) is 22.6. The van der Waals surface area contributed by atoms with Gasteiger partial charge in [0.15, 0.2) is 0 Å². The van der Waals surface area contributed by atoms with Gasteiger partial charge in [-0.2, -0.15) is 0 Å². The summed E-state index contributed by atoms with van der Waals surface area (Å²) in [5.41, 5.74) is 0. The van der Waals surface area contributed by atoms with Crippen molar-refractivity contribution in [1.82, 2.24) is 0 Å². The molecule has 1 rings (SSSR count). The average molecular weight is 254 g/mol. The molecule has 0 amide bonds. The summed E-state index contributed by atoms with van der Waals surface area (Å²) in [6, 6.07) is 0. The lowest BCUT2D eigenvalue weighted by molar-refractivity contribution is -0.146. The van der Waals surface area contributed by atoms with Gasteiger partial charge in [-0.15, -0.1) is 0 Å². The maximum atomic E-state index is 11.7. The van der Waals surface area contributed by atoms with Crippen LogP contribution in [-0.4, -0.2) is 13.1 Å². The van der Waals surface area contributed by atoms with Gasteiger partial charge in [-0.25, -0.2) is 0 Å². The van der Waals surface area contributed by atoms with Crippen molar-refractivity contribution < 1.29 is 9.53 Å². The number of hydrogen-bond donors (Lipinski definition) is 0. The minimum atomic E-state index is -0.0212. The van der Waals surface area contributed by atoms with Crippen molar-refractivity contribution in [1.29, 1.82) is 0 Å². The Morgan fingerprint density at radius 1 is 0.889 bits per heavy atom. The van der Waals surface area contributed by atoms with E-state index in [2.05, 4.69) is 0 Å². The van der Waals surface area contributed by atoms with Crippen molar-refractivity contribution in [3.63, 3.8) is 0 Å². The molecule has 0 heterocycles. The van der Waals surface area contributed by atoms with Crippen molar-refractivity contribution in [2.24, 2.45) is 11.8 Å². The number of methoxy groups -OCH3 is 1. The van der Waals surface area contributed by atoms with Gasteiger partial charge in [0.1, 0.15) is 0 Å². The first kappa shape index (κ1) is 15.5. The van der Waals surface area contributed by atoms with Crippen LogP contribution in [-0.2, 0) is 9.53 Å². The molecule has 18 heavy (non-hydrogen) atoms. The van der Waals surface area contributed by atoms with Gasteiger partial charge in [0.25, 0.3) is 0 Å². The van der Waals surface area contributed by atoms with E-state index < -0.39 is 0 Å². The van der Waals surface area contributed by atoms with E-state index in [-0.39, 0.29) is 11.9 Å². The summed E-state index contributed by atoms with van der Waals surface area (Å²) in [4.78, 5) is 11.7. The van der Waals surface area contributed by atoms with E-state index in [1.807, 2.05) is 6.92 Å². The van der Waals surface area contributed by atoms with Crippen molar-refractivity contribution in [2.45, 2.75) is 77.6 Å². The summed E-state index contributed by atoms with van der Waals surface area (Å²) in [7, 11) is 1.51. The predicted molar refractivity (Wildman–Crippen MR) is 75.5 cm³/mol. The minimum Gasteiger partial charge on any atom is -0.469 e. The van der Waals surface area contributed by atoms with E-state index >= 15 is 0 Å². The second kappa shape index (κ2) is 9.41. The highest BCUT2D eigenvalue weighted by molar-refractivity contribution is 5.72. The van der Waals surface area contributed by atoms with Crippen LogP contribution in [0.2, 0.25) is 0 Å². The predicted octanol–water partition coefficient (Wildman–Crippen LogP) is 4.72. The Morgan fingerprint density at radius 2 is 1.28 bits per heavy atom. The second-order valence-corrected chi connectivity index (χ2v) is 5.83. The highest BCUT2D eigenvalue weighted by Gasteiger charge is 2.23. The van der Waals surface area contributed by atoms with Crippen LogP contribution in [0.4, 0.5) is 0 Å². The fraction of sp³-hybridized carbons (Fsp3) is 0.938. The molecule has 0 spiro atoms. The molecular formula is C16H30O2. The van der Waals surface area contributed by atoms with Gasteiger partial charge in [0, 0.05) is 0 Å². The zero-order valence-electron chi connectivity index (χ0n) is 12.2. The largest absolute Gasteiger partial charge is 0.469 e. The van der Waals surface area contributed by atoms with Crippen LogP contribution in [0.3, 0.4) is 0 Å². The number of esters is 1. The lowest BCUT2D eigenvalue weighted by Gasteiger charge is -2.22. The molecule has 1 unspecified atom stereocenters. The maximum Gasteiger partial charge on any atom is 0.308 e. The number of ether oxygens (including phenoxy) is 1. The number of carbonyl (C=O) groups excluding carboxylic acids is 1. The molecule has 1 aliphatic rings. The lowest BCUT2D eigenvalue weighted by atomic mass is 9.84. The molecule has 1 saturated carbocycles. The molecule has 1 atom stereocenters. The van der Waals surface area contributed by atoms with Gasteiger partial charge >= 0.3 is 5.97 Å². The third-order valence-electron chi connectivity index (χ3n) is 4.43. The Morgan fingerprint density at radius 3 is 1.67 bits per heavy atom. The van der Waals surface area contributed by atoms with Gasteiger partial charge < -0.3 is 4.74 Å². The maximum absolute atomic E-state index is 11.7. The summed E-state index contributed by atoms with van der Waals surface area (Å²) in [5, 5.41) is 0. The van der Waals surface area contributed by atoms with Gasteiger partial charge in [-0.05, 0) is 18.8 Å². The smallest absolute Gasteiger partial charge is 0.308 e. The number of rotatable bonds is 2. The number of hydrogen-bond acceptors (Lipinski definition) is 2. The standard InChI is InChI=1S/C16H30O2/c1-14(16(17)18-2)15-12-10-8-6-4-3-5-7-9-11-13-15/h14-15H,3-13H2,1-2H3. The van der Waals surface area contributed by atoms with E-state index in [0.29, 0.717) is 5.92 Å². The number of carbonyl (C=O) groups is 1. The van der Waals surface area contributed by atoms with E-state index in [9.17, 15) is 4.79 Å². The molecule has 0 bridgehead atoms. The molecule has 2 nitrogen and oxygen atoms in total. The van der Waals surface area contributed by atoms with Crippen LogP contribution in [0.25, 0.3) is 0 Å². The van der Waals surface area contributed by atoms with Gasteiger partial charge in [-0.1, -0.05) is 64.7 Å². The van der Waals surface area contributed by atoms with E-state index in [4.69, 9.17) is 4.74 Å². The Kier molecular flexibility index (Phi) is 8.11. The van der Waals surface area contributed by atoms with Crippen LogP contribution in [0.1, 0.15) is 77.6 Å². The van der Waals surface area contributed by atoms with Crippen LogP contribution >= 0.6 is 0 Å². The summed E-state index contributed by atoms with van der Waals surface area (Å²) < 4.78 is 4.90. The van der Waals surface area contributed by atoms with Crippen LogP contribution in [0, 0.1) is 11.8 Å². The lowest BCUT2D eigenvalue weighted by Crippen LogP contribution is -2.22. The van der Waals surface area contributed by atoms with E-state index in [0.717, 1.165) is 0 Å². The third kappa shape index (κ3) is 5.88. The molecule has 0 aromatic carbocycles. The third-order valence-corrected chi connectivity index (χ3v) is 4.43. The van der Waals surface area contributed by atoms with E-state index in [1.54, 1.807) is 0 Å². The van der Waals surface area contributed by atoms with Crippen molar-refractivity contribution in [3.8, 4) is 0 Å². The molecule has 0 aromatic rings. The Balaban J connectivity index is 2.42. The van der Waals surface area contributed by atoms with Crippen LogP contribution in [0.15, 0.2) is 0 Å². The monoisotopic (exact) mass is 254 g/mol. The molecule has 1 fully saturated rings. The topological polar surface area (TPSA) is 26.3 Å². The van der Waals surface area contributed by atoms with Gasteiger partial charge in [0.05, 0.1) is 13.0 Å². The zero-order valence-corrected chi connectivity index (χ0v) is 12.2. The Bertz CT molecular complexity index is 213. The van der Waals surface area contributed by atoms with E-state index in [1.165, 1.54) is 77.7 Å². The summed E-state index contributed by atoms with van der Waals surface area (Å²) >= 11 is 0. The molecule has 0 aliphatic heterocycles. The SMILES string of the molecule is COC(=O)C(C)C1CCCCCCCCCCC1. The molecule has 2 heteroatoms. The first-order valence-electron chi connectivity index (χ1n) is 7.83.